The number of hydrogen-bond acceptors (Lipinski definition) is 3. The molecule has 8 heteroatoms. The molecular weight excluding hydrogens is 371 g/mol. The van der Waals surface area contributed by atoms with Crippen molar-refractivity contribution >= 4 is 39.9 Å². The van der Waals surface area contributed by atoms with Crippen LogP contribution in [0, 0.1) is 9.49 Å². The maximum absolute atomic E-state index is 12.4. The average Bonchev–Trinajstić information content (AvgIpc) is 2.22. The Hall–Kier alpha value is -0.280. The molecule has 0 aliphatic rings. The molecule has 0 saturated heterocycles. The number of nitrogens with one attached hydrogen (secondary N) is 1. The van der Waals surface area contributed by atoms with E-state index in [0.29, 0.717) is 9.26 Å². The SMILES string of the molecule is OCC(CNc1cc(Cl)ncc1I)C(F)(F)F. The highest BCUT2D eigenvalue weighted by atomic mass is 127. The zero-order chi connectivity index (χ0) is 13.1. The minimum absolute atomic E-state index is 0.195. The van der Waals surface area contributed by atoms with Crippen molar-refractivity contribution in [3.05, 3.63) is 21.0 Å². The Bertz CT molecular complexity index is 389. The van der Waals surface area contributed by atoms with Gasteiger partial charge in [-0.1, -0.05) is 11.6 Å². The van der Waals surface area contributed by atoms with E-state index in [9.17, 15) is 13.2 Å². The summed E-state index contributed by atoms with van der Waals surface area (Å²) in [5, 5.41) is 11.5. The van der Waals surface area contributed by atoms with Gasteiger partial charge < -0.3 is 10.4 Å². The lowest BCUT2D eigenvalue weighted by atomic mass is 10.1. The molecule has 2 N–H and O–H groups in total. The number of rotatable bonds is 4. The Morgan fingerprint density at radius 2 is 2.18 bits per heavy atom. The van der Waals surface area contributed by atoms with Crippen LogP contribution >= 0.6 is 34.2 Å². The van der Waals surface area contributed by atoms with Gasteiger partial charge in [0.1, 0.15) is 5.15 Å². The van der Waals surface area contributed by atoms with E-state index < -0.39 is 25.2 Å². The predicted octanol–water partition coefficient (Wildman–Crippen LogP) is 2.92. The van der Waals surface area contributed by atoms with Crippen molar-refractivity contribution in [2.45, 2.75) is 6.18 Å². The summed E-state index contributed by atoms with van der Waals surface area (Å²) >= 11 is 7.56. The molecule has 96 valence electrons. The number of aliphatic hydroxyl groups excluding tert-OH is 1. The fourth-order valence-corrected chi connectivity index (χ4v) is 1.71. The first-order chi connectivity index (χ1) is 7.84. The summed E-state index contributed by atoms with van der Waals surface area (Å²) in [6.45, 7) is -1.36. The molecule has 1 atom stereocenters. The molecular formula is C9H9ClF3IN2O. The summed E-state index contributed by atoms with van der Waals surface area (Å²) in [7, 11) is 0. The van der Waals surface area contributed by atoms with Gasteiger partial charge in [-0.25, -0.2) is 4.98 Å². The molecule has 0 saturated carbocycles. The van der Waals surface area contributed by atoms with Crippen LogP contribution in [0.25, 0.3) is 0 Å². The van der Waals surface area contributed by atoms with Crippen LogP contribution in [0.4, 0.5) is 18.9 Å². The largest absolute Gasteiger partial charge is 0.396 e. The molecule has 0 aliphatic carbocycles. The number of halogens is 5. The standard InChI is InChI=1S/C9H9ClF3IN2O/c10-8-1-7(6(14)3-16-8)15-2-5(4-17)9(11,12)13/h1,3,5,17H,2,4H2,(H,15,16). The van der Waals surface area contributed by atoms with E-state index in [2.05, 4.69) is 10.3 Å². The van der Waals surface area contributed by atoms with E-state index in [1.54, 1.807) is 0 Å². The molecule has 0 aliphatic heterocycles. The lowest BCUT2D eigenvalue weighted by Gasteiger charge is -2.19. The van der Waals surface area contributed by atoms with Crippen molar-refractivity contribution in [2.24, 2.45) is 5.92 Å². The van der Waals surface area contributed by atoms with Crippen LogP contribution in [-0.2, 0) is 0 Å². The van der Waals surface area contributed by atoms with Crippen LogP contribution in [0.1, 0.15) is 0 Å². The predicted molar refractivity (Wildman–Crippen MR) is 67.1 cm³/mol. The molecule has 0 bridgehead atoms. The first-order valence-electron chi connectivity index (χ1n) is 4.57. The molecule has 3 nitrogen and oxygen atoms in total. The molecule has 0 fully saturated rings. The van der Waals surface area contributed by atoms with E-state index in [0.717, 1.165) is 0 Å². The van der Waals surface area contributed by atoms with Crippen LogP contribution in [0.5, 0.6) is 0 Å². The summed E-state index contributed by atoms with van der Waals surface area (Å²) in [5.74, 6) is -1.80. The summed E-state index contributed by atoms with van der Waals surface area (Å²) in [4.78, 5) is 3.78. The van der Waals surface area contributed by atoms with Crippen molar-refractivity contribution in [1.82, 2.24) is 4.98 Å². The van der Waals surface area contributed by atoms with E-state index in [1.807, 2.05) is 22.6 Å². The van der Waals surface area contributed by atoms with Crippen LogP contribution in [0.2, 0.25) is 5.15 Å². The van der Waals surface area contributed by atoms with Crippen molar-refractivity contribution in [1.29, 1.82) is 0 Å². The van der Waals surface area contributed by atoms with Crippen molar-refractivity contribution < 1.29 is 18.3 Å². The Morgan fingerprint density at radius 3 is 2.71 bits per heavy atom. The molecule has 1 heterocycles. The van der Waals surface area contributed by atoms with Gasteiger partial charge in [0, 0.05) is 12.7 Å². The normalized spacial score (nSPS) is 13.5. The summed E-state index contributed by atoms with van der Waals surface area (Å²) in [6.07, 6.45) is -2.98. The highest BCUT2D eigenvalue weighted by molar-refractivity contribution is 14.1. The molecule has 0 radical (unpaired) electrons. The van der Waals surface area contributed by atoms with Gasteiger partial charge in [-0.3, -0.25) is 0 Å². The van der Waals surface area contributed by atoms with Crippen molar-refractivity contribution in [2.75, 3.05) is 18.5 Å². The number of nitrogens with zero attached hydrogens (tertiary/aromatic N) is 1. The molecule has 0 aromatic carbocycles. The lowest BCUT2D eigenvalue weighted by molar-refractivity contribution is -0.179. The number of aromatic nitrogens is 1. The lowest BCUT2D eigenvalue weighted by Crippen LogP contribution is -2.32. The minimum atomic E-state index is -4.43. The quantitative estimate of drug-likeness (QED) is 0.624. The maximum Gasteiger partial charge on any atom is 0.395 e. The first-order valence-corrected chi connectivity index (χ1v) is 6.02. The van der Waals surface area contributed by atoms with Gasteiger partial charge >= 0.3 is 6.18 Å². The zero-order valence-corrected chi connectivity index (χ0v) is 11.3. The van der Waals surface area contributed by atoms with Crippen LogP contribution in [0.3, 0.4) is 0 Å². The molecule has 1 rings (SSSR count). The van der Waals surface area contributed by atoms with Gasteiger partial charge in [-0.2, -0.15) is 13.2 Å². The highest BCUT2D eigenvalue weighted by Gasteiger charge is 2.38. The molecule has 1 aromatic rings. The van der Waals surface area contributed by atoms with Crippen LogP contribution in [-0.4, -0.2) is 29.4 Å². The Balaban J connectivity index is 2.69. The zero-order valence-electron chi connectivity index (χ0n) is 8.43. The van der Waals surface area contributed by atoms with Crippen LogP contribution < -0.4 is 5.32 Å². The minimum Gasteiger partial charge on any atom is -0.396 e. The topological polar surface area (TPSA) is 45.1 Å². The third-order valence-corrected chi connectivity index (χ3v) is 3.11. The van der Waals surface area contributed by atoms with Gasteiger partial charge in [0.2, 0.25) is 0 Å². The van der Waals surface area contributed by atoms with Gasteiger partial charge in [-0.15, -0.1) is 0 Å². The van der Waals surface area contributed by atoms with E-state index >= 15 is 0 Å². The van der Waals surface area contributed by atoms with Gasteiger partial charge in [0.25, 0.3) is 0 Å². The third kappa shape index (κ3) is 4.47. The summed E-state index contributed by atoms with van der Waals surface area (Å²) < 4.78 is 37.7. The summed E-state index contributed by atoms with van der Waals surface area (Å²) in [6, 6.07) is 1.44. The van der Waals surface area contributed by atoms with Gasteiger partial charge in [-0.05, 0) is 28.7 Å². The van der Waals surface area contributed by atoms with Crippen molar-refractivity contribution in [3.63, 3.8) is 0 Å². The fourth-order valence-electron chi connectivity index (χ4n) is 1.07. The first kappa shape index (κ1) is 14.8. The monoisotopic (exact) mass is 380 g/mol. The smallest absolute Gasteiger partial charge is 0.395 e. The second-order valence-electron chi connectivity index (χ2n) is 3.29. The number of alkyl halides is 3. The molecule has 0 spiro atoms. The molecule has 17 heavy (non-hydrogen) atoms. The Kier molecular flexibility index (Phi) is 5.26. The number of pyridine rings is 1. The second-order valence-corrected chi connectivity index (χ2v) is 4.84. The van der Waals surface area contributed by atoms with E-state index in [-0.39, 0.29) is 5.15 Å². The number of hydrogen-bond donors (Lipinski definition) is 2. The highest BCUT2D eigenvalue weighted by Crippen LogP contribution is 2.27. The van der Waals surface area contributed by atoms with Gasteiger partial charge in [0.15, 0.2) is 0 Å². The number of aliphatic hydroxyl groups is 1. The summed E-state index contributed by atoms with van der Waals surface area (Å²) in [5.41, 5.74) is 0.466. The average molecular weight is 381 g/mol. The molecule has 1 unspecified atom stereocenters. The third-order valence-electron chi connectivity index (χ3n) is 2.04. The second kappa shape index (κ2) is 6.05. The molecule has 0 amide bonds. The Labute approximate surface area is 115 Å². The van der Waals surface area contributed by atoms with E-state index in [1.165, 1.54) is 12.3 Å². The van der Waals surface area contributed by atoms with Crippen LogP contribution in [0.15, 0.2) is 12.3 Å². The van der Waals surface area contributed by atoms with E-state index in [4.69, 9.17) is 16.7 Å². The molecule has 1 aromatic heterocycles. The maximum atomic E-state index is 12.4. The van der Waals surface area contributed by atoms with Gasteiger partial charge in [0.05, 0.1) is 21.8 Å². The fraction of sp³-hybridized carbons (Fsp3) is 0.444. The number of anilines is 1. The van der Waals surface area contributed by atoms with Crippen molar-refractivity contribution in [3.8, 4) is 0 Å². The Morgan fingerprint density at radius 1 is 1.53 bits per heavy atom.